The van der Waals surface area contributed by atoms with E-state index in [1.54, 1.807) is 0 Å². The molecule has 1 heterocycles. The van der Waals surface area contributed by atoms with E-state index in [1.807, 2.05) is 55.1 Å². The molecule has 0 amide bonds. The van der Waals surface area contributed by atoms with Crippen LogP contribution < -0.4 is 5.73 Å². The van der Waals surface area contributed by atoms with Crippen LogP contribution in [-0.4, -0.2) is 17.0 Å². The lowest BCUT2D eigenvalue weighted by Gasteiger charge is -2.02. The van der Waals surface area contributed by atoms with Crippen molar-refractivity contribution in [3.63, 3.8) is 0 Å². The summed E-state index contributed by atoms with van der Waals surface area (Å²) in [7, 11) is 0. The zero-order chi connectivity index (χ0) is 12.8. The van der Waals surface area contributed by atoms with Crippen LogP contribution in [0.4, 0.5) is 0 Å². The molecule has 18 heavy (non-hydrogen) atoms. The van der Waals surface area contributed by atoms with E-state index < -0.39 is 0 Å². The quantitative estimate of drug-likeness (QED) is 0.811. The topological polar surface area (TPSA) is 52.0 Å². The Morgan fingerprint density at radius 1 is 1.33 bits per heavy atom. The summed E-state index contributed by atoms with van der Waals surface area (Å²) < 4.78 is 5.32. The number of aromatic nitrogens is 1. The fraction of sp³-hybridized carbons (Fsp3) is 0.357. The van der Waals surface area contributed by atoms with E-state index in [4.69, 9.17) is 10.3 Å². The summed E-state index contributed by atoms with van der Waals surface area (Å²) in [5.41, 5.74) is 7.69. The van der Waals surface area contributed by atoms with Crippen molar-refractivity contribution in [1.82, 2.24) is 5.16 Å². The Labute approximate surface area is 112 Å². The Balaban J connectivity index is 1.87. The average molecular weight is 262 g/mol. The van der Waals surface area contributed by atoms with E-state index in [-0.39, 0.29) is 6.04 Å². The van der Waals surface area contributed by atoms with Crippen LogP contribution in [0.5, 0.6) is 0 Å². The number of thioether (sulfide) groups is 1. The smallest absolute Gasteiger partial charge is 0.147 e. The lowest BCUT2D eigenvalue weighted by molar-refractivity contribution is 0.397. The van der Waals surface area contributed by atoms with E-state index in [0.29, 0.717) is 0 Å². The summed E-state index contributed by atoms with van der Waals surface area (Å²) in [5, 5.41) is 4.09. The van der Waals surface area contributed by atoms with Crippen molar-refractivity contribution in [2.45, 2.75) is 25.1 Å². The van der Waals surface area contributed by atoms with Gasteiger partial charge in [-0.1, -0.05) is 35.5 Å². The Morgan fingerprint density at radius 3 is 2.83 bits per heavy atom. The number of benzene rings is 1. The van der Waals surface area contributed by atoms with Crippen LogP contribution in [0, 0.1) is 0 Å². The predicted octanol–water partition coefficient (Wildman–Crippen LogP) is 3.31. The second-order valence-corrected chi connectivity index (χ2v) is 5.47. The molecule has 0 radical (unpaired) electrons. The molecule has 0 bridgehead atoms. The summed E-state index contributed by atoms with van der Waals surface area (Å²) in [6, 6.07) is 12.3. The summed E-state index contributed by atoms with van der Waals surface area (Å²) in [6.07, 6.45) is 1.03. The highest BCUT2D eigenvalue weighted by Gasteiger charge is 2.06. The van der Waals surface area contributed by atoms with Crippen LogP contribution in [0.15, 0.2) is 40.9 Å². The zero-order valence-corrected chi connectivity index (χ0v) is 11.3. The van der Waals surface area contributed by atoms with Crippen molar-refractivity contribution in [3.05, 3.63) is 42.2 Å². The average Bonchev–Trinajstić information content (AvgIpc) is 2.84. The van der Waals surface area contributed by atoms with Gasteiger partial charge >= 0.3 is 0 Å². The van der Waals surface area contributed by atoms with E-state index >= 15 is 0 Å². The number of rotatable bonds is 6. The minimum Gasteiger partial charge on any atom is -0.360 e. The van der Waals surface area contributed by atoms with Crippen molar-refractivity contribution in [3.8, 4) is 11.3 Å². The van der Waals surface area contributed by atoms with Crippen LogP contribution in [0.2, 0.25) is 0 Å². The second-order valence-electron chi connectivity index (χ2n) is 4.36. The molecule has 1 aromatic heterocycles. The maximum Gasteiger partial charge on any atom is 0.147 e. The number of nitrogens with two attached hydrogens (primary N) is 1. The molecule has 2 rings (SSSR count). The molecule has 0 spiro atoms. The first-order valence-corrected chi connectivity index (χ1v) is 7.25. The molecule has 0 fully saturated rings. The maximum atomic E-state index is 5.70. The van der Waals surface area contributed by atoms with Crippen molar-refractivity contribution >= 4 is 11.8 Å². The Bertz CT molecular complexity index is 468. The van der Waals surface area contributed by atoms with Gasteiger partial charge in [0, 0.05) is 17.7 Å². The van der Waals surface area contributed by atoms with Gasteiger partial charge in [0.15, 0.2) is 0 Å². The fourth-order valence-corrected chi connectivity index (χ4v) is 2.59. The third kappa shape index (κ3) is 3.89. The van der Waals surface area contributed by atoms with Crippen molar-refractivity contribution in [1.29, 1.82) is 0 Å². The normalized spacial score (nSPS) is 12.6. The van der Waals surface area contributed by atoms with Gasteiger partial charge < -0.3 is 10.3 Å². The van der Waals surface area contributed by atoms with Gasteiger partial charge in [-0.25, -0.2) is 0 Å². The third-order valence-corrected chi connectivity index (χ3v) is 3.60. The predicted molar refractivity (Wildman–Crippen MR) is 76.4 cm³/mol. The van der Waals surface area contributed by atoms with Gasteiger partial charge in [0.1, 0.15) is 11.5 Å². The first-order valence-electron chi connectivity index (χ1n) is 6.10. The minimum atomic E-state index is 0.270. The standard InChI is InChI=1S/C14H18N2OS/c1-11(15)7-8-18-10-13-9-14(16-17-13)12-5-3-2-4-6-12/h2-6,9,11H,7-8,10,15H2,1H3. The SMILES string of the molecule is CC(N)CCSCc1cc(-c2ccccc2)no1. The van der Waals surface area contributed by atoms with Gasteiger partial charge in [-0.3, -0.25) is 0 Å². The summed E-state index contributed by atoms with van der Waals surface area (Å²) in [6.45, 7) is 2.03. The van der Waals surface area contributed by atoms with Gasteiger partial charge in [-0.05, 0) is 19.1 Å². The summed E-state index contributed by atoms with van der Waals surface area (Å²) in [4.78, 5) is 0. The van der Waals surface area contributed by atoms with Crippen LogP contribution >= 0.6 is 11.8 Å². The summed E-state index contributed by atoms with van der Waals surface area (Å²) in [5.74, 6) is 2.83. The highest BCUT2D eigenvalue weighted by molar-refractivity contribution is 7.98. The number of hydrogen-bond acceptors (Lipinski definition) is 4. The molecule has 2 aromatic rings. The van der Waals surface area contributed by atoms with E-state index in [0.717, 1.165) is 34.9 Å². The molecular formula is C14H18N2OS. The Kier molecular flexibility index (Phi) is 4.84. The second kappa shape index (κ2) is 6.61. The minimum absolute atomic E-state index is 0.270. The molecule has 0 saturated heterocycles. The Morgan fingerprint density at radius 2 is 2.11 bits per heavy atom. The molecule has 2 N–H and O–H groups in total. The van der Waals surface area contributed by atoms with Crippen molar-refractivity contribution < 1.29 is 4.52 Å². The van der Waals surface area contributed by atoms with Crippen LogP contribution in [0.1, 0.15) is 19.1 Å². The molecule has 0 aliphatic carbocycles. The first-order chi connectivity index (χ1) is 8.75. The van der Waals surface area contributed by atoms with Crippen LogP contribution in [-0.2, 0) is 5.75 Å². The van der Waals surface area contributed by atoms with Gasteiger partial charge in [0.25, 0.3) is 0 Å². The molecule has 3 nitrogen and oxygen atoms in total. The zero-order valence-electron chi connectivity index (χ0n) is 10.5. The van der Waals surface area contributed by atoms with E-state index in [2.05, 4.69) is 5.16 Å². The third-order valence-electron chi connectivity index (χ3n) is 2.59. The van der Waals surface area contributed by atoms with Gasteiger partial charge in [0.2, 0.25) is 0 Å². The molecule has 1 aromatic carbocycles. The highest BCUT2D eigenvalue weighted by Crippen LogP contribution is 2.21. The van der Waals surface area contributed by atoms with Crippen molar-refractivity contribution in [2.24, 2.45) is 5.73 Å². The lowest BCUT2D eigenvalue weighted by Crippen LogP contribution is -2.15. The van der Waals surface area contributed by atoms with E-state index in [1.165, 1.54) is 0 Å². The molecule has 96 valence electrons. The van der Waals surface area contributed by atoms with E-state index in [9.17, 15) is 0 Å². The highest BCUT2D eigenvalue weighted by atomic mass is 32.2. The summed E-state index contributed by atoms with van der Waals surface area (Å²) >= 11 is 1.83. The molecule has 1 atom stereocenters. The largest absolute Gasteiger partial charge is 0.360 e. The van der Waals surface area contributed by atoms with Crippen LogP contribution in [0.3, 0.4) is 0 Å². The number of nitrogens with zero attached hydrogens (tertiary/aromatic N) is 1. The molecule has 0 aliphatic rings. The molecular weight excluding hydrogens is 244 g/mol. The molecule has 4 heteroatoms. The maximum absolute atomic E-state index is 5.70. The van der Waals surface area contributed by atoms with Crippen LogP contribution in [0.25, 0.3) is 11.3 Å². The Hall–Kier alpha value is -1.26. The fourth-order valence-electron chi connectivity index (χ4n) is 1.57. The first kappa shape index (κ1) is 13.2. The molecule has 1 unspecified atom stereocenters. The molecule has 0 aliphatic heterocycles. The molecule has 0 saturated carbocycles. The van der Waals surface area contributed by atoms with Gasteiger partial charge in [-0.15, -0.1) is 0 Å². The number of hydrogen-bond donors (Lipinski definition) is 1. The van der Waals surface area contributed by atoms with Gasteiger partial charge in [0.05, 0.1) is 5.75 Å². The van der Waals surface area contributed by atoms with Gasteiger partial charge in [-0.2, -0.15) is 11.8 Å². The lowest BCUT2D eigenvalue weighted by atomic mass is 10.1. The monoisotopic (exact) mass is 262 g/mol. The van der Waals surface area contributed by atoms with Crippen molar-refractivity contribution in [2.75, 3.05) is 5.75 Å².